The minimum atomic E-state index is -0.842. The number of hydrogen-bond donors (Lipinski definition) is 0. The summed E-state index contributed by atoms with van der Waals surface area (Å²) in [4.78, 5) is 23.3. The van der Waals surface area contributed by atoms with E-state index in [1.54, 1.807) is 79.9 Å². The van der Waals surface area contributed by atoms with Gasteiger partial charge in [0, 0.05) is 12.8 Å². The minimum absolute atomic E-state index is 0.0889. The van der Waals surface area contributed by atoms with Gasteiger partial charge in [-0.25, -0.2) is 4.79 Å². The van der Waals surface area contributed by atoms with Crippen molar-refractivity contribution in [2.75, 3.05) is 7.11 Å². The van der Waals surface area contributed by atoms with Crippen LogP contribution in [0.1, 0.15) is 30.9 Å². The number of ether oxygens (including phenoxy) is 5. The topological polar surface area (TPSA) is 80.3 Å². The van der Waals surface area contributed by atoms with E-state index in [0.717, 1.165) is 16.9 Å². The fourth-order valence-electron chi connectivity index (χ4n) is 3.58. The fourth-order valence-corrected chi connectivity index (χ4v) is 3.58. The van der Waals surface area contributed by atoms with Crippen LogP contribution >= 0.6 is 0 Å². The zero-order valence-corrected chi connectivity index (χ0v) is 20.7. The van der Waals surface area contributed by atoms with Gasteiger partial charge in [0.1, 0.15) is 34.5 Å². The smallest absolute Gasteiger partial charge is 0.497 e. The Morgan fingerprint density at radius 2 is 0.892 bits per heavy atom. The average Bonchev–Trinajstić information content (AvgIpc) is 2.90. The minimum Gasteiger partial charge on any atom is -0.497 e. The summed E-state index contributed by atoms with van der Waals surface area (Å²) in [6.45, 7) is 3.43. The molecular formula is C30H26O7. The average molecular weight is 499 g/mol. The van der Waals surface area contributed by atoms with Crippen LogP contribution in [0.15, 0.2) is 97.1 Å². The van der Waals surface area contributed by atoms with Crippen LogP contribution in [0.4, 0.5) is 4.79 Å². The molecule has 37 heavy (non-hydrogen) atoms. The van der Waals surface area contributed by atoms with Crippen LogP contribution in [0.25, 0.3) is 0 Å². The standard InChI is InChI=1S/C30H26O7/c1-20(22-4-8-25(9-5-22)34-21(2)31)23-6-10-28(11-7-23)36-30(32)37-29-18-16-27(17-19-29)35-26-14-12-24(33-3)13-15-26/h4-20H,1-3H3. The summed E-state index contributed by atoms with van der Waals surface area (Å²) in [5.41, 5.74) is 2.09. The number of benzene rings is 4. The third-order valence-corrected chi connectivity index (χ3v) is 5.54. The first-order chi connectivity index (χ1) is 17.9. The Labute approximate surface area is 215 Å². The van der Waals surface area contributed by atoms with E-state index >= 15 is 0 Å². The molecule has 1 atom stereocenters. The van der Waals surface area contributed by atoms with E-state index in [-0.39, 0.29) is 11.9 Å². The molecule has 0 aliphatic carbocycles. The maximum atomic E-state index is 12.2. The Morgan fingerprint density at radius 3 is 1.30 bits per heavy atom. The number of methoxy groups -OCH3 is 1. The van der Waals surface area contributed by atoms with E-state index in [1.807, 2.05) is 24.3 Å². The number of carbonyl (C=O) groups excluding carboxylic acids is 2. The summed E-state index contributed by atoms with van der Waals surface area (Å²) in [5.74, 6) is 2.93. The Morgan fingerprint density at radius 1 is 0.541 bits per heavy atom. The van der Waals surface area contributed by atoms with Crippen LogP contribution in [0.5, 0.6) is 34.5 Å². The monoisotopic (exact) mass is 498 g/mol. The van der Waals surface area contributed by atoms with Gasteiger partial charge < -0.3 is 23.7 Å². The van der Waals surface area contributed by atoms with E-state index in [4.69, 9.17) is 23.7 Å². The molecule has 4 aromatic rings. The van der Waals surface area contributed by atoms with E-state index in [9.17, 15) is 9.59 Å². The first kappa shape index (κ1) is 25.3. The zero-order chi connectivity index (χ0) is 26.2. The van der Waals surface area contributed by atoms with Crippen LogP contribution in [0.2, 0.25) is 0 Å². The van der Waals surface area contributed by atoms with Crippen LogP contribution in [0, 0.1) is 0 Å². The SMILES string of the molecule is COc1ccc(Oc2ccc(OC(=O)Oc3ccc(C(C)c4ccc(OC(C)=O)cc4)cc3)cc2)cc1. The predicted octanol–water partition coefficient (Wildman–Crippen LogP) is 7.14. The molecule has 0 aromatic heterocycles. The van der Waals surface area contributed by atoms with Crippen molar-refractivity contribution < 1.29 is 33.3 Å². The van der Waals surface area contributed by atoms with Crippen molar-refractivity contribution in [1.29, 1.82) is 0 Å². The Bertz CT molecular complexity index is 1330. The van der Waals surface area contributed by atoms with Gasteiger partial charge in [-0.05, 0) is 83.9 Å². The molecule has 0 heterocycles. The number of esters is 1. The van der Waals surface area contributed by atoms with Gasteiger partial charge in [0.15, 0.2) is 0 Å². The molecule has 0 bridgehead atoms. The van der Waals surface area contributed by atoms with E-state index in [2.05, 4.69) is 6.92 Å². The second-order valence-corrected chi connectivity index (χ2v) is 8.16. The number of rotatable bonds is 8. The molecule has 0 spiro atoms. The molecule has 0 aliphatic rings. The van der Waals surface area contributed by atoms with Gasteiger partial charge in [-0.3, -0.25) is 4.79 Å². The maximum Gasteiger partial charge on any atom is 0.519 e. The molecule has 0 saturated heterocycles. The van der Waals surface area contributed by atoms with Crippen molar-refractivity contribution in [3.05, 3.63) is 108 Å². The van der Waals surface area contributed by atoms with Gasteiger partial charge in [0.2, 0.25) is 0 Å². The first-order valence-electron chi connectivity index (χ1n) is 11.6. The second kappa shape index (κ2) is 11.8. The predicted molar refractivity (Wildman–Crippen MR) is 138 cm³/mol. The summed E-state index contributed by atoms with van der Waals surface area (Å²) in [5, 5.41) is 0. The number of carbonyl (C=O) groups is 2. The van der Waals surface area contributed by atoms with E-state index in [0.29, 0.717) is 28.7 Å². The molecule has 0 N–H and O–H groups in total. The highest BCUT2D eigenvalue weighted by molar-refractivity contribution is 5.69. The second-order valence-electron chi connectivity index (χ2n) is 8.16. The molecule has 0 aliphatic heterocycles. The largest absolute Gasteiger partial charge is 0.519 e. The zero-order valence-electron chi connectivity index (χ0n) is 20.7. The lowest BCUT2D eigenvalue weighted by atomic mass is 9.93. The first-order valence-corrected chi connectivity index (χ1v) is 11.6. The van der Waals surface area contributed by atoms with Crippen molar-refractivity contribution in [2.45, 2.75) is 19.8 Å². The number of hydrogen-bond acceptors (Lipinski definition) is 7. The lowest BCUT2D eigenvalue weighted by Gasteiger charge is -2.14. The Kier molecular flexibility index (Phi) is 8.05. The molecule has 7 heteroatoms. The molecule has 188 valence electrons. The fraction of sp³-hybridized carbons (Fsp3) is 0.133. The summed E-state index contributed by atoms with van der Waals surface area (Å²) in [6.07, 6.45) is -0.842. The quantitative estimate of drug-likeness (QED) is 0.145. The van der Waals surface area contributed by atoms with Gasteiger partial charge in [0.25, 0.3) is 0 Å². The normalized spacial score (nSPS) is 11.2. The third kappa shape index (κ3) is 7.11. The molecule has 0 fully saturated rings. The summed E-state index contributed by atoms with van der Waals surface area (Å²) < 4.78 is 26.6. The maximum absolute atomic E-state index is 12.2. The molecule has 1 unspecified atom stereocenters. The summed E-state index contributed by atoms with van der Waals surface area (Å²) in [7, 11) is 1.60. The van der Waals surface area contributed by atoms with Gasteiger partial charge in [-0.2, -0.15) is 0 Å². The van der Waals surface area contributed by atoms with Crippen molar-refractivity contribution in [2.24, 2.45) is 0 Å². The molecule has 0 saturated carbocycles. The Hall–Kier alpha value is -4.78. The lowest BCUT2D eigenvalue weighted by molar-refractivity contribution is -0.131. The molecule has 0 amide bonds. The summed E-state index contributed by atoms with van der Waals surface area (Å²) >= 11 is 0. The van der Waals surface area contributed by atoms with Crippen LogP contribution in [0.3, 0.4) is 0 Å². The van der Waals surface area contributed by atoms with Gasteiger partial charge in [-0.15, -0.1) is 0 Å². The highest BCUT2D eigenvalue weighted by Crippen LogP contribution is 2.28. The van der Waals surface area contributed by atoms with E-state index in [1.165, 1.54) is 6.92 Å². The van der Waals surface area contributed by atoms with Gasteiger partial charge in [-0.1, -0.05) is 31.2 Å². The highest BCUT2D eigenvalue weighted by atomic mass is 16.7. The lowest BCUT2D eigenvalue weighted by Crippen LogP contribution is -2.13. The van der Waals surface area contributed by atoms with Crippen molar-refractivity contribution in [1.82, 2.24) is 0 Å². The molecule has 4 rings (SSSR count). The van der Waals surface area contributed by atoms with Crippen LogP contribution in [-0.2, 0) is 4.79 Å². The van der Waals surface area contributed by atoms with E-state index < -0.39 is 6.16 Å². The van der Waals surface area contributed by atoms with Crippen molar-refractivity contribution in [3.8, 4) is 34.5 Å². The highest BCUT2D eigenvalue weighted by Gasteiger charge is 2.12. The van der Waals surface area contributed by atoms with Gasteiger partial charge >= 0.3 is 12.1 Å². The Balaban J connectivity index is 1.29. The molecule has 0 radical (unpaired) electrons. The van der Waals surface area contributed by atoms with Crippen LogP contribution < -0.4 is 23.7 Å². The molecule has 7 nitrogen and oxygen atoms in total. The molecule has 4 aromatic carbocycles. The third-order valence-electron chi connectivity index (χ3n) is 5.54. The molecular weight excluding hydrogens is 472 g/mol. The summed E-state index contributed by atoms with van der Waals surface area (Å²) in [6, 6.07) is 28.4. The van der Waals surface area contributed by atoms with Crippen LogP contribution in [-0.4, -0.2) is 19.2 Å². The van der Waals surface area contributed by atoms with Crippen molar-refractivity contribution >= 4 is 12.1 Å². The van der Waals surface area contributed by atoms with Gasteiger partial charge in [0.05, 0.1) is 7.11 Å². The van der Waals surface area contributed by atoms with Crippen molar-refractivity contribution in [3.63, 3.8) is 0 Å².